The summed E-state index contributed by atoms with van der Waals surface area (Å²) in [5.41, 5.74) is 2.92. The number of carbonyl (C=O) groups is 3. The Bertz CT molecular complexity index is 839. The van der Waals surface area contributed by atoms with E-state index < -0.39 is 18.0 Å². The van der Waals surface area contributed by atoms with Crippen LogP contribution in [0.4, 0.5) is 0 Å². The Labute approximate surface area is 183 Å². The molecule has 1 N–H and O–H groups in total. The second kappa shape index (κ2) is 9.48. The molecule has 1 unspecified atom stereocenters. The molecule has 2 fully saturated rings. The van der Waals surface area contributed by atoms with E-state index in [0.29, 0.717) is 36.7 Å². The molecule has 4 rings (SSSR count). The van der Waals surface area contributed by atoms with Gasteiger partial charge in [-0.2, -0.15) is 0 Å². The summed E-state index contributed by atoms with van der Waals surface area (Å²) in [5, 5.41) is 3.00. The van der Waals surface area contributed by atoms with Crippen LogP contribution < -0.4 is 5.32 Å². The molecule has 5 nitrogen and oxygen atoms in total. The number of hydrogen-bond donors (Lipinski definition) is 1. The Kier molecular flexibility index (Phi) is 6.74. The molecule has 2 aliphatic heterocycles. The van der Waals surface area contributed by atoms with E-state index in [4.69, 9.17) is 12.2 Å². The molecule has 1 aromatic carbocycles. The van der Waals surface area contributed by atoms with E-state index in [1.165, 1.54) is 17.5 Å². The predicted molar refractivity (Wildman–Crippen MR) is 119 cm³/mol. The predicted octanol–water partition coefficient (Wildman–Crippen LogP) is 2.68. The van der Waals surface area contributed by atoms with Gasteiger partial charge in [0.1, 0.15) is 6.29 Å². The van der Waals surface area contributed by atoms with Crippen molar-refractivity contribution < 1.29 is 14.4 Å². The van der Waals surface area contributed by atoms with E-state index in [2.05, 4.69) is 29.6 Å². The lowest BCUT2D eigenvalue weighted by molar-refractivity contribution is -0.138. The summed E-state index contributed by atoms with van der Waals surface area (Å²) in [7, 11) is 0. The van der Waals surface area contributed by atoms with Crippen molar-refractivity contribution in [3.05, 3.63) is 35.4 Å². The summed E-state index contributed by atoms with van der Waals surface area (Å²) in [4.78, 5) is 39.7. The third kappa shape index (κ3) is 4.40. The Morgan fingerprint density at radius 1 is 1.20 bits per heavy atom. The Morgan fingerprint density at radius 2 is 2.00 bits per heavy atom. The van der Waals surface area contributed by atoms with Crippen LogP contribution in [0.5, 0.6) is 0 Å². The first-order valence-corrected chi connectivity index (χ1v) is 11.6. The zero-order valence-corrected chi connectivity index (χ0v) is 18.2. The number of aryl methyl sites for hydroxylation is 1. The van der Waals surface area contributed by atoms with Gasteiger partial charge in [-0.15, -0.1) is 0 Å². The van der Waals surface area contributed by atoms with Crippen molar-refractivity contribution >= 4 is 35.1 Å². The lowest BCUT2D eigenvalue weighted by atomic mass is 9.81. The molecule has 4 atom stereocenters. The third-order valence-corrected chi connectivity index (χ3v) is 7.42. The minimum Gasteiger partial charge on any atom is -0.333 e. The quantitative estimate of drug-likeness (QED) is 0.536. The average molecular weight is 427 g/mol. The largest absolute Gasteiger partial charge is 0.333 e. The lowest BCUT2D eigenvalue weighted by Crippen LogP contribution is -2.47. The fourth-order valence-corrected chi connectivity index (χ4v) is 5.73. The van der Waals surface area contributed by atoms with Gasteiger partial charge in [-0.1, -0.05) is 36.5 Å². The van der Waals surface area contributed by atoms with Crippen molar-refractivity contribution in [3.8, 4) is 0 Å². The average Bonchev–Trinajstić information content (AvgIpc) is 3.40. The standard InChI is InChI=1S/C24H30N2O3S/c27-15-19-23(21(30)14-25-19)24(29)20-8-4-12-26(20)22(28)9-3-5-16-10-11-17-6-1-2-7-18(17)13-16/h1-2,6-7,15-16,19-20,23,25H,3-5,8-14H2/t16-,19-,20+,23?/m1/s1. The number of nitrogens with one attached hydrogen (secondary N) is 1. The maximum atomic E-state index is 13.1. The number of Topliss-reactive ketones (excluding diaryl/α,β-unsaturated/α-hetero) is 1. The number of thiocarbonyl (C=S) groups is 1. The second-order valence-electron chi connectivity index (χ2n) is 8.90. The number of fused-ring (bicyclic) bond motifs is 1. The van der Waals surface area contributed by atoms with Crippen LogP contribution in [-0.2, 0) is 27.2 Å². The summed E-state index contributed by atoms with van der Waals surface area (Å²) >= 11 is 5.32. The molecule has 2 heterocycles. The fraction of sp³-hybridized carbons (Fsp3) is 0.583. The van der Waals surface area contributed by atoms with Crippen LogP contribution in [0, 0.1) is 11.8 Å². The molecule has 2 saturated heterocycles. The zero-order chi connectivity index (χ0) is 21.1. The maximum Gasteiger partial charge on any atom is 0.223 e. The first-order valence-electron chi connectivity index (χ1n) is 11.2. The number of ketones is 1. The molecule has 160 valence electrons. The third-order valence-electron chi connectivity index (χ3n) is 7.02. The molecule has 0 aromatic heterocycles. The van der Waals surface area contributed by atoms with E-state index >= 15 is 0 Å². The summed E-state index contributed by atoms with van der Waals surface area (Å²) in [6.07, 6.45) is 8.11. The van der Waals surface area contributed by atoms with E-state index in [0.717, 1.165) is 38.4 Å². The normalized spacial score (nSPS) is 28.4. The Hall–Kier alpha value is -1.92. The number of hydrogen-bond acceptors (Lipinski definition) is 5. The molecule has 0 radical (unpaired) electrons. The van der Waals surface area contributed by atoms with Crippen molar-refractivity contribution in [1.29, 1.82) is 0 Å². The highest BCUT2D eigenvalue weighted by atomic mass is 32.1. The van der Waals surface area contributed by atoms with E-state index in [1.807, 2.05) is 0 Å². The van der Waals surface area contributed by atoms with Crippen LogP contribution >= 0.6 is 12.2 Å². The molecular weight excluding hydrogens is 396 g/mol. The van der Waals surface area contributed by atoms with Crippen LogP contribution in [0.3, 0.4) is 0 Å². The van der Waals surface area contributed by atoms with Gasteiger partial charge in [-0.25, -0.2) is 0 Å². The van der Waals surface area contributed by atoms with Gasteiger partial charge < -0.3 is 15.0 Å². The molecule has 3 aliphatic rings. The van der Waals surface area contributed by atoms with Crippen molar-refractivity contribution in [2.24, 2.45) is 11.8 Å². The van der Waals surface area contributed by atoms with Gasteiger partial charge in [0.05, 0.1) is 18.0 Å². The van der Waals surface area contributed by atoms with E-state index in [9.17, 15) is 14.4 Å². The van der Waals surface area contributed by atoms with Crippen LogP contribution in [-0.4, -0.2) is 52.9 Å². The Morgan fingerprint density at radius 3 is 2.80 bits per heavy atom. The molecule has 0 saturated carbocycles. The molecule has 0 bridgehead atoms. The maximum absolute atomic E-state index is 13.1. The first kappa shape index (κ1) is 21.3. The molecule has 1 amide bonds. The first-order chi connectivity index (χ1) is 14.6. The SMILES string of the molecule is O=C[C@H]1NCC(=S)C1C(=O)[C@@H]1CCCN1C(=O)CCC[C@@H]1CCc2ccccc2C1. The van der Waals surface area contributed by atoms with E-state index in [-0.39, 0.29) is 11.7 Å². The van der Waals surface area contributed by atoms with Gasteiger partial charge in [-0.3, -0.25) is 9.59 Å². The topological polar surface area (TPSA) is 66.5 Å². The highest BCUT2D eigenvalue weighted by Gasteiger charge is 2.44. The van der Waals surface area contributed by atoms with Crippen LogP contribution in [0.1, 0.15) is 49.7 Å². The summed E-state index contributed by atoms with van der Waals surface area (Å²) < 4.78 is 0. The highest BCUT2D eigenvalue weighted by Crippen LogP contribution is 2.30. The number of nitrogens with zero attached hydrogens (tertiary/aromatic N) is 1. The van der Waals surface area contributed by atoms with Gasteiger partial charge in [0.15, 0.2) is 5.78 Å². The smallest absolute Gasteiger partial charge is 0.223 e. The van der Waals surface area contributed by atoms with Crippen molar-refractivity contribution in [2.75, 3.05) is 13.1 Å². The van der Waals surface area contributed by atoms with Gasteiger partial charge in [0, 0.05) is 24.4 Å². The number of benzene rings is 1. The second-order valence-corrected chi connectivity index (χ2v) is 9.43. The van der Waals surface area contributed by atoms with Crippen LogP contribution in [0.2, 0.25) is 0 Å². The van der Waals surface area contributed by atoms with Gasteiger partial charge in [0.25, 0.3) is 0 Å². The summed E-state index contributed by atoms with van der Waals surface area (Å²) in [5.74, 6) is 0.0793. The lowest BCUT2D eigenvalue weighted by Gasteiger charge is -2.27. The van der Waals surface area contributed by atoms with E-state index in [1.54, 1.807) is 4.90 Å². The number of carbonyl (C=O) groups excluding carboxylic acids is 3. The minimum absolute atomic E-state index is 0.0585. The fourth-order valence-electron chi connectivity index (χ4n) is 5.38. The molecule has 1 aromatic rings. The zero-order valence-electron chi connectivity index (χ0n) is 17.3. The molecular formula is C24H30N2O3S. The number of amides is 1. The molecule has 1 aliphatic carbocycles. The monoisotopic (exact) mass is 426 g/mol. The van der Waals surface area contributed by atoms with Gasteiger partial charge in [0.2, 0.25) is 5.91 Å². The molecule has 30 heavy (non-hydrogen) atoms. The van der Waals surface area contributed by atoms with Gasteiger partial charge >= 0.3 is 0 Å². The van der Waals surface area contributed by atoms with Crippen molar-refractivity contribution in [1.82, 2.24) is 10.2 Å². The number of likely N-dealkylation sites (tertiary alicyclic amines) is 1. The summed E-state index contributed by atoms with van der Waals surface area (Å²) in [6, 6.07) is 7.69. The Balaban J connectivity index is 1.29. The molecule has 6 heteroatoms. The van der Waals surface area contributed by atoms with Gasteiger partial charge in [-0.05, 0) is 62.0 Å². The van der Waals surface area contributed by atoms with Crippen molar-refractivity contribution in [2.45, 2.75) is 63.5 Å². The molecule has 0 spiro atoms. The van der Waals surface area contributed by atoms with Crippen LogP contribution in [0.15, 0.2) is 24.3 Å². The highest BCUT2D eigenvalue weighted by molar-refractivity contribution is 7.80. The summed E-state index contributed by atoms with van der Waals surface area (Å²) in [6.45, 7) is 1.05. The van der Waals surface area contributed by atoms with Crippen LogP contribution in [0.25, 0.3) is 0 Å². The van der Waals surface area contributed by atoms with Crippen molar-refractivity contribution in [3.63, 3.8) is 0 Å². The minimum atomic E-state index is -0.571. The number of aldehydes is 1. The number of rotatable bonds is 7.